The monoisotopic (exact) mass is 289 g/mol. The van der Waals surface area contributed by atoms with Gasteiger partial charge in [0.25, 0.3) is 0 Å². The molecule has 0 atom stereocenters. The van der Waals surface area contributed by atoms with E-state index in [-0.39, 0.29) is 12.4 Å². The van der Waals surface area contributed by atoms with Crippen molar-refractivity contribution in [2.45, 2.75) is 6.54 Å². The van der Waals surface area contributed by atoms with Gasteiger partial charge in [0.05, 0.1) is 0 Å². The summed E-state index contributed by atoms with van der Waals surface area (Å²) in [7, 11) is 0. The first-order chi connectivity index (χ1) is 8.83. The van der Waals surface area contributed by atoms with Crippen molar-refractivity contribution < 1.29 is 17.0 Å². The minimum absolute atomic E-state index is 0. The van der Waals surface area contributed by atoms with E-state index < -0.39 is 0 Å². The number of fused-ring (bicyclic) bond motifs is 1. The zero-order valence-electron chi connectivity index (χ0n) is 10.3. The van der Waals surface area contributed by atoms with Gasteiger partial charge in [0.2, 0.25) is 5.52 Å². The number of rotatable bonds is 2. The molecule has 0 spiro atoms. The highest BCUT2D eigenvalue weighted by Crippen LogP contribution is 2.11. The Bertz CT molecular complexity index is 672. The van der Waals surface area contributed by atoms with Crippen LogP contribution in [-0.4, -0.2) is 0 Å². The van der Waals surface area contributed by atoms with E-state index in [1.165, 1.54) is 16.5 Å². The molecule has 3 heteroatoms. The van der Waals surface area contributed by atoms with Crippen LogP contribution in [0, 0.1) is 0 Å². The molecule has 0 saturated heterocycles. The number of nitrogens with zero attached hydrogens (tertiary/aromatic N) is 1. The molecule has 19 heavy (non-hydrogen) atoms. The van der Waals surface area contributed by atoms with Gasteiger partial charge in [-0.15, -0.1) is 0 Å². The van der Waals surface area contributed by atoms with Crippen LogP contribution in [0.15, 0.2) is 66.9 Å². The Balaban J connectivity index is 0.00000133. The lowest BCUT2D eigenvalue weighted by atomic mass is 10.2. The fourth-order valence-corrected chi connectivity index (χ4v) is 2.27. The van der Waals surface area contributed by atoms with Gasteiger partial charge in [-0.2, -0.15) is 4.57 Å². The third kappa shape index (κ3) is 3.06. The lowest BCUT2D eigenvalue weighted by Crippen LogP contribution is -3.00. The maximum Gasteiger partial charge on any atom is 0.212 e. The van der Waals surface area contributed by atoms with E-state index in [4.69, 9.17) is 11.6 Å². The number of hydrogen-bond acceptors (Lipinski definition) is 0. The fourth-order valence-electron chi connectivity index (χ4n) is 2.15. The minimum Gasteiger partial charge on any atom is -1.00 e. The summed E-state index contributed by atoms with van der Waals surface area (Å²) < 4.78 is 2.25. The Kier molecular flexibility index (Phi) is 4.41. The first-order valence-corrected chi connectivity index (χ1v) is 6.32. The van der Waals surface area contributed by atoms with Gasteiger partial charge in [0.1, 0.15) is 0 Å². The molecule has 1 aromatic heterocycles. The number of aromatic nitrogens is 1. The molecule has 3 rings (SSSR count). The Morgan fingerprint density at radius 2 is 1.53 bits per heavy atom. The molecular weight excluding hydrogens is 277 g/mol. The van der Waals surface area contributed by atoms with Crippen LogP contribution in [-0.2, 0) is 6.54 Å². The van der Waals surface area contributed by atoms with Crippen LogP contribution in [0.3, 0.4) is 0 Å². The van der Waals surface area contributed by atoms with E-state index in [0.717, 1.165) is 11.6 Å². The molecule has 1 heterocycles. The summed E-state index contributed by atoms with van der Waals surface area (Å²) in [4.78, 5) is 0. The molecule has 1 nitrogen and oxygen atoms in total. The van der Waals surface area contributed by atoms with Crippen molar-refractivity contribution in [1.29, 1.82) is 0 Å². The average Bonchev–Trinajstić information content (AvgIpc) is 2.42. The van der Waals surface area contributed by atoms with Crippen molar-refractivity contribution in [3.05, 3.63) is 77.4 Å². The Hall–Kier alpha value is -1.57. The molecule has 0 radical (unpaired) electrons. The van der Waals surface area contributed by atoms with E-state index in [2.05, 4.69) is 59.3 Å². The van der Waals surface area contributed by atoms with Crippen LogP contribution < -0.4 is 17.0 Å². The lowest BCUT2D eigenvalue weighted by Gasteiger charge is -2.01. The molecule has 0 aliphatic carbocycles. The smallest absolute Gasteiger partial charge is 0.212 e. The largest absolute Gasteiger partial charge is 1.00 e. The van der Waals surface area contributed by atoms with Crippen molar-refractivity contribution in [3.8, 4) is 0 Å². The molecule has 0 saturated carbocycles. The van der Waals surface area contributed by atoms with Gasteiger partial charge < -0.3 is 12.4 Å². The van der Waals surface area contributed by atoms with Crippen LogP contribution in [0.4, 0.5) is 0 Å². The molecule has 2 aromatic carbocycles. The third-order valence-corrected chi connectivity index (χ3v) is 3.31. The standard InChI is InChI=1S/C16H13ClN.ClH/c17-15-9-7-13(8-10-15)12-18-11-3-5-14-4-1-2-6-16(14)18;/h1-11H,12H2;1H/q+1;/p-1. The van der Waals surface area contributed by atoms with E-state index in [0.29, 0.717) is 0 Å². The molecular formula is C16H13Cl2N. The quantitative estimate of drug-likeness (QED) is 0.616. The molecule has 3 aromatic rings. The predicted octanol–water partition coefficient (Wildman–Crippen LogP) is 0.833. The minimum atomic E-state index is 0. The fraction of sp³-hybridized carbons (Fsp3) is 0.0625. The van der Waals surface area contributed by atoms with Gasteiger partial charge in [-0.05, 0) is 24.3 Å². The molecule has 0 aliphatic heterocycles. The number of benzene rings is 2. The van der Waals surface area contributed by atoms with Crippen molar-refractivity contribution in [1.82, 2.24) is 0 Å². The molecule has 96 valence electrons. The number of halogens is 2. The first kappa shape index (κ1) is 13.9. The highest BCUT2D eigenvalue weighted by molar-refractivity contribution is 6.30. The maximum atomic E-state index is 5.90. The van der Waals surface area contributed by atoms with Gasteiger partial charge in [-0.1, -0.05) is 35.9 Å². The summed E-state index contributed by atoms with van der Waals surface area (Å²) >= 11 is 5.90. The molecule has 0 bridgehead atoms. The lowest BCUT2D eigenvalue weighted by molar-refractivity contribution is -0.662. The topological polar surface area (TPSA) is 3.88 Å². The highest BCUT2D eigenvalue weighted by atomic mass is 35.5. The van der Waals surface area contributed by atoms with Crippen LogP contribution in [0.1, 0.15) is 5.56 Å². The van der Waals surface area contributed by atoms with Crippen molar-refractivity contribution in [2.24, 2.45) is 0 Å². The SMILES string of the molecule is Clc1ccc(C[n+]2cccc3ccccc32)cc1.[Cl-]. The summed E-state index contributed by atoms with van der Waals surface area (Å²) in [6.07, 6.45) is 2.11. The Labute approximate surface area is 123 Å². The second kappa shape index (κ2) is 6.05. The summed E-state index contributed by atoms with van der Waals surface area (Å²) in [6, 6.07) is 20.6. The molecule has 0 fully saturated rings. The normalized spacial score (nSPS) is 10.2. The molecule has 0 amide bonds. The number of pyridine rings is 1. The highest BCUT2D eigenvalue weighted by Gasteiger charge is 2.07. The van der Waals surface area contributed by atoms with Crippen LogP contribution in [0.5, 0.6) is 0 Å². The predicted molar refractivity (Wildman–Crippen MR) is 74.7 cm³/mol. The van der Waals surface area contributed by atoms with Gasteiger partial charge in [-0.3, -0.25) is 0 Å². The Morgan fingerprint density at radius 1 is 0.842 bits per heavy atom. The summed E-state index contributed by atoms with van der Waals surface area (Å²) in [5.74, 6) is 0. The van der Waals surface area contributed by atoms with Gasteiger partial charge in [0.15, 0.2) is 12.7 Å². The summed E-state index contributed by atoms with van der Waals surface area (Å²) in [5.41, 5.74) is 2.50. The number of para-hydroxylation sites is 1. The molecule has 0 N–H and O–H groups in total. The molecule has 0 unspecified atom stereocenters. The van der Waals surface area contributed by atoms with Gasteiger partial charge in [-0.25, -0.2) is 0 Å². The second-order valence-corrected chi connectivity index (χ2v) is 4.76. The third-order valence-electron chi connectivity index (χ3n) is 3.05. The zero-order chi connectivity index (χ0) is 12.4. The molecule has 0 aliphatic rings. The van der Waals surface area contributed by atoms with E-state index >= 15 is 0 Å². The van der Waals surface area contributed by atoms with Gasteiger partial charge in [0, 0.05) is 28.1 Å². The summed E-state index contributed by atoms with van der Waals surface area (Å²) in [6.45, 7) is 0.860. The van der Waals surface area contributed by atoms with Crippen LogP contribution >= 0.6 is 11.6 Å². The Morgan fingerprint density at radius 3 is 2.32 bits per heavy atom. The second-order valence-electron chi connectivity index (χ2n) is 4.32. The van der Waals surface area contributed by atoms with Crippen molar-refractivity contribution in [2.75, 3.05) is 0 Å². The number of hydrogen-bond donors (Lipinski definition) is 0. The van der Waals surface area contributed by atoms with E-state index in [9.17, 15) is 0 Å². The van der Waals surface area contributed by atoms with Gasteiger partial charge >= 0.3 is 0 Å². The summed E-state index contributed by atoms with van der Waals surface area (Å²) in [5, 5.41) is 2.04. The average molecular weight is 290 g/mol. The van der Waals surface area contributed by atoms with E-state index in [1.807, 2.05) is 12.1 Å². The maximum absolute atomic E-state index is 5.90. The van der Waals surface area contributed by atoms with Crippen LogP contribution in [0.2, 0.25) is 5.02 Å². The zero-order valence-corrected chi connectivity index (χ0v) is 11.8. The first-order valence-electron chi connectivity index (χ1n) is 5.94. The van der Waals surface area contributed by atoms with E-state index in [1.54, 1.807) is 0 Å². The van der Waals surface area contributed by atoms with Crippen molar-refractivity contribution in [3.63, 3.8) is 0 Å². The van der Waals surface area contributed by atoms with Crippen LogP contribution in [0.25, 0.3) is 10.9 Å². The van der Waals surface area contributed by atoms with Crippen molar-refractivity contribution >= 4 is 22.5 Å².